The highest BCUT2D eigenvalue weighted by Crippen LogP contribution is 2.22. The molecule has 0 spiro atoms. The van der Waals surface area contributed by atoms with E-state index in [0.717, 1.165) is 28.8 Å². The van der Waals surface area contributed by atoms with Gasteiger partial charge in [-0.1, -0.05) is 66.7 Å². The Morgan fingerprint density at radius 3 is 2.48 bits per heavy atom. The fourth-order valence-electron chi connectivity index (χ4n) is 3.43. The summed E-state index contributed by atoms with van der Waals surface area (Å²) in [6.07, 6.45) is 1.13. The molecule has 7 nitrogen and oxygen atoms in total. The van der Waals surface area contributed by atoms with E-state index in [1.165, 1.54) is 16.8 Å². The van der Waals surface area contributed by atoms with Crippen LogP contribution in [0.25, 0.3) is 11.1 Å². The molecule has 158 valence electrons. The summed E-state index contributed by atoms with van der Waals surface area (Å²) in [5, 5.41) is 11.1. The van der Waals surface area contributed by atoms with Crippen molar-refractivity contribution >= 4 is 11.6 Å². The van der Waals surface area contributed by atoms with Crippen LogP contribution in [0.15, 0.2) is 76.7 Å². The molecular formula is C24H24N4O3. The molecule has 0 bridgehead atoms. The van der Waals surface area contributed by atoms with E-state index in [9.17, 15) is 9.59 Å². The molecule has 3 aromatic rings. The van der Waals surface area contributed by atoms with Gasteiger partial charge in [0.25, 0.3) is 11.5 Å². The normalized spacial score (nSPS) is 15.3. The van der Waals surface area contributed by atoms with Crippen LogP contribution in [-0.2, 0) is 11.4 Å². The second-order valence-corrected chi connectivity index (χ2v) is 7.40. The number of aromatic nitrogens is 2. The summed E-state index contributed by atoms with van der Waals surface area (Å²) in [5.41, 5.74) is 4.16. The number of nitrogens with one attached hydrogen (secondary N) is 1. The maximum Gasteiger partial charge on any atom is 0.271 e. The van der Waals surface area contributed by atoms with E-state index < -0.39 is 0 Å². The lowest BCUT2D eigenvalue weighted by molar-refractivity contribution is 0.0750. The van der Waals surface area contributed by atoms with Crippen molar-refractivity contribution in [1.29, 1.82) is 0 Å². The molecule has 1 atom stereocenters. The van der Waals surface area contributed by atoms with Crippen molar-refractivity contribution in [2.45, 2.75) is 32.4 Å². The number of hydrogen-bond acceptors (Lipinski definition) is 5. The Morgan fingerprint density at radius 2 is 1.74 bits per heavy atom. The monoisotopic (exact) mass is 416 g/mol. The molecule has 0 aliphatic carbocycles. The van der Waals surface area contributed by atoms with Crippen molar-refractivity contribution in [2.24, 2.45) is 5.16 Å². The summed E-state index contributed by atoms with van der Waals surface area (Å²) in [5.74, 6) is -0.339. The number of oxime groups is 1. The summed E-state index contributed by atoms with van der Waals surface area (Å²) >= 11 is 0. The first-order valence-electron chi connectivity index (χ1n) is 10.4. The number of hydrogen-bond donors (Lipinski definition) is 1. The molecule has 4 rings (SSSR count). The summed E-state index contributed by atoms with van der Waals surface area (Å²) in [6.45, 7) is 2.74. The van der Waals surface area contributed by atoms with Gasteiger partial charge in [0.15, 0.2) is 0 Å². The van der Waals surface area contributed by atoms with Crippen LogP contribution >= 0.6 is 0 Å². The molecule has 2 aromatic carbocycles. The van der Waals surface area contributed by atoms with Crippen LogP contribution in [0.1, 0.15) is 35.8 Å². The van der Waals surface area contributed by atoms with Crippen LogP contribution in [-0.4, -0.2) is 34.0 Å². The van der Waals surface area contributed by atoms with Gasteiger partial charge in [0.1, 0.15) is 11.8 Å². The second kappa shape index (κ2) is 9.38. The quantitative estimate of drug-likeness (QED) is 0.641. The van der Waals surface area contributed by atoms with Crippen molar-refractivity contribution in [3.63, 3.8) is 0 Å². The summed E-state index contributed by atoms with van der Waals surface area (Å²) in [4.78, 5) is 29.7. The first-order valence-corrected chi connectivity index (χ1v) is 10.4. The predicted octanol–water partition coefficient (Wildman–Crippen LogP) is 3.24. The van der Waals surface area contributed by atoms with Crippen LogP contribution in [0.3, 0.4) is 0 Å². The third-order valence-electron chi connectivity index (χ3n) is 5.08. The molecule has 1 aliphatic heterocycles. The van der Waals surface area contributed by atoms with Crippen LogP contribution in [0.2, 0.25) is 0 Å². The van der Waals surface area contributed by atoms with Crippen molar-refractivity contribution in [3.8, 4) is 11.1 Å². The van der Waals surface area contributed by atoms with Gasteiger partial charge in [-0.2, -0.15) is 5.10 Å². The highest BCUT2D eigenvalue weighted by atomic mass is 16.6. The van der Waals surface area contributed by atoms with Crippen molar-refractivity contribution in [1.82, 2.24) is 15.1 Å². The average molecular weight is 416 g/mol. The molecular weight excluding hydrogens is 392 g/mol. The molecule has 7 heteroatoms. The molecule has 1 amide bonds. The third kappa shape index (κ3) is 4.88. The smallest absolute Gasteiger partial charge is 0.271 e. The fraction of sp³-hybridized carbons (Fsp3) is 0.250. The summed E-state index contributed by atoms with van der Waals surface area (Å²) in [7, 11) is 0. The van der Waals surface area contributed by atoms with Gasteiger partial charge >= 0.3 is 0 Å². The number of carbonyl (C=O) groups excluding carboxylic acids is 1. The van der Waals surface area contributed by atoms with E-state index in [4.69, 9.17) is 4.84 Å². The van der Waals surface area contributed by atoms with Gasteiger partial charge < -0.3 is 10.2 Å². The minimum absolute atomic E-state index is 0.212. The molecule has 1 aliphatic rings. The van der Waals surface area contributed by atoms with E-state index in [2.05, 4.69) is 39.8 Å². The number of nitrogens with zero attached hydrogens (tertiary/aromatic N) is 3. The molecule has 0 unspecified atom stereocenters. The molecule has 1 N–H and O–H groups in total. The van der Waals surface area contributed by atoms with Crippen molar-refractivity contribution < 1.29 is 9.63 Å². The Morgan fingerprint density at radius 1 is 1.03 bits per heavy atom. The second-order valence-electron chi connectivity index (χ2n) is 7.40. The minimum atomic E-state index is -0.339. The maximum absolute atomic E-state index is 12.4. The number of aryl methyl sites for hydroxylation is 1. The van der Waals surface area contributed by atoms with Gasteiger partial charge in [-0.05, 0) is 29.2 Å². The van der Waals surface area contributed by atoms with Gasteiger partial charge in [0, 0.05) is 19.0 Å². The number of benzene rings is 2. The van der Waals surface area contributed by atoms with Crippen LogP contribution in [0, 0.1) is 0 Å². The maximum atomic E-state index is 12.4. The molecule has 1 aromatic heterocycles. The molecule has 2 heterocycles. The molecule has 0 fully saturated rings. The summed E-state index contributed by atoms with van der Waals surface area (Å²) in [6, 6.07) is 21.2. The highest BCUT2D eigenvalue weighted by Gasteiger charge is 2.23. The van der Waals surface area contributed by atoms with Gasteiger partial charge in [-0.15, -0.1) is 0 Å². The lowest BCUT2D eigenvalue weighted by atomic mass is 10.00. The van der Waals surface area contributed by atoms with Gasteiger partial charge in [-0.3, -0.25) is 9.59 Å². The third-order valence-corrected chi connectivity index (χ3v) is 5.08. The standard InChI is InChI=1S/C24H24N4O3/c1-2-14-28-23(29)13-12-21(26-28)24(30)25-16-20-15-22(27-31-20)19-10-8-18(9-11-19)17-6-4-3-5-7-17/h3-13,20H,2,14-16H2,1H3,(H,25,30)/t20-/m0/s1. The molecule has 0 saturated heterocycles. The topological polar surface area (TPSA) is 85.6 Å². The lowest BCUT2D eigenvalue weighted by Crippen LogP contribution is -2.34. The lowest BCUT2D eigenvalue weighted by Gasteiger charge is -2.10. The highest BCUT2D eigenvalue weighted by molar-refractivity contribution is 6.01. The Balaban J connectivity index is 1.32. The zero-order chi connectivity index (χ0) is 21.6. The average Bonchev–Trinajstić information content (AvgIpc) is 3.29. The molecule has 31 heavy (non-hydrogen) atoms. The van der Waals surface area contributed by atoms with E-state index in [0.29, 0.717) is 19.5 Å². The van der Waals surface area contributed by atoms with Crippen molar-refractivity contribution in [3.05, 3.63) is 88.3 Å². The van der Waals surface area contributed by atoms with Crippen molar-refractivity contribution in [2.75, 3.05) is 6.54 Å². The van der Waals surface area contributed by atoms with Crippen LogP contribution < -0.4 is 10.9 Å². The number of carbonyl (C=O) groups is 1. The Kier molecular flexibility index (Phi) is 6.21. The first kappa shape index (κ1) is 20.5. The van der Waals surface area contributed by atoms with E-state index in [-0.39, 0.29) is 23.3 Å². The Labute approximate surface area is 180 Å². The Bertz CT molecular complexity index is 1140. The largest absolute Gasteiger partial charge is 0.390 e. The van der Waals surface area contributed by atoms with Crippen LogP contribution in [0.5, 0.6) is 0 Å². The first-order chi connectivity index (χ1) is 15.1. The zero-order valence-electron chi connectivity index (χ0n) is 17.3. The van der Waals surface area contributed by atoms with Crippen LogP contribution in [0.4, 0.5) is 0 Å². The summed E-state index contributed by atoms with van der Waals surface area (Å²) < 4.78 is 1.31. The number of rotatable bonds is 7. The fourth-order valence-corrected chi connectivity index (χ4v) is 3.43. The van der Waals surface area contributed by atoms with E-state index in [1.54, 1.807) is 0 Å². The van der Waals surface area contributed by atoms with Gasteiger partial charge in [0.05, 0.1) is 12.3 Å². The minimum Gasteiger partial charge on any atom is -0.390 e. The van der Waals surface area contributed by atoms with E-state index in [1.807, 2.05) is 37.3 Å². The van der Waals surface area contributed by atoms with Gasteiger partial charge in [0.2, 0.25) is 0 Å². The molecule has 0 radical (unpaired) electrons. The zero-order valence-corrected chi connectivity index (χ0v) is 17.3. The number of amides is 1. The van der Waals surface area contributed by atoms with Gasteiger partial charge in [-0.25, -0.2) is 4.68 Å². The Hall–Kier alpha value is -3.74. The SMILES string of the molecule is CCCn1nc(C(=O)NC[C@@H]2CC(c3ccc(-c4ccccc4)cc3)=NO2)ccc1=O. The predicted molar refractivity (Wildman–Crippen MR) is 119 cm³/mol. The molecule has 0 saturated carbocycles. The van der Waals surface area contributed by atoms with E-state index >= 15 is 0 Å².